The van der Waals surface area contributed by atoms with E-state index in [0.29, 0.717) is 0 Å². The molecule has 2 heteroatoms. The van der Waals surface area contributed by atoms with Gasteiger partial charge < -0.3 is 4.43 Å². The van der Waals surface area contributed by atoms with Gasteiger partial charge in [-0.3, -0.25) is 0 Å². The van der Waals surface area contributed by atoms with Crippen LogP contribution < -0.4 is 0 Å². The van der Waals surface area contributed by atoms with E-state index in [4.69, 9.17) is 4.43 Å². The largest absolute Gasteiger partial charge is 0.549 e. The van der Waals surface area contributed by atoms with Crippen LogP contribution in [0.3, 0.4) is 0 Å². The van der Waals surface area contributed by atoms with E-state index in [1.165, 1.54) is 5.56 Å². The molecule has 1 aromatic carbocycles. The van der Waals surface area contributed by atoms with Gasteiger partial charge in [-0.05, 0) is 37.2 Å². The Kier molecular flexibility index (Phi) is 5.06. The Morgan fingerprint density at radius 1 is 1.25 bits per heavy atom. The molecule has 0 aliphatic rings. The smallest absolute Gasteiger partial charge is 0.244 e. The highest BCUT2D eigenvalue weighted by molar-refractivity contribution is 6.71. The monoisotopic (exact) mass is 232 g/mol. The van der Waals surface area contributed by atoms with Gasteiger partial charge in [-0.15, -0.1) is 0 Å². The zero-order chi connectivity index (χ0) is 11.9. The molecule has 0 aromatic heterocycles. The summed E-state index contributed by atoms with van der Waals surface area (Å²) < 4.78 is 5.78. The van der Waals surface area contributed by atoms with Crippen LogP contribution in [0.4, 0.5) is 0 Å². The Morgan fingerprint density at radius 2 is 1.94 bits per heavy atom. The number of allylic oxidation sites excluding steroid dienone is 2. The number of benzene rings is 1. The molecular weight excluding hydrogens is 212 g/mol. The lowest BCUT2D eigenvalue weighted by atomic mass is 10.2. The van der Waals surface area contributed by atoms with Crippen molar-refractivity contribution < 1.29 is 4.43 Å². The summed E-state index contributed by atoms with van der Waals surface area (Å²) in [7, 11) is -1.56. The summed E-state index contributed by atoms with van der Waals surface area (Å²) in [5, 5.41) is 0. The Morgan fingerprint density at radius 3 is 2.56 bits per heavy atom. The molecule has 0 spiro atoms. The maximum atomic E-state index is 5.78. The van der Waals surface area contributed by atoms with Gasteiger partial charge in [0.1, 0.15) is 0 Å². The van der Waals surface area contributed by atoms with Crippen LogP contribution in [0.1, 0.15) is 5.56 Å². The predicted molar refractivity (Wildman–Crippen MR) is 72.9 cm³/mol. The molecule has 0 fully saturated rings. The fraction of sp³-hybridized carbons (Fsp3) is 0.286. The van der Waals surface area contributed by atoms with E-state index >= 15 is 0 Å². The molecule has 0 unspecified atom stereocenters. The van der Waals surface area contributed by atoms with Crippen LogP contribution in [0.25, 0.3) is 0 Å². The summed E-state index contributed by atoms with van der Waals surface area (Å²) in [6, 6.07) is 11.7. The van der Waals surface area contributed by atoms with Gasteiger partial charge in [0.15, 0.2) is 0 Å². The van der Waals surface area contributed by atoms with Crippen LogP contribution in [0.2, 0.25) is 19.1 Å². The van der Waals surface area contributed by atoms with Gasteiger partial charge in [0, 0.05) is 0 Å². The van der Waals surface area contributed by atoms with Gasteiger partial charge in [0.05, 0.1) is 6.26 Å². The zero-order valence-electron chi connectivity index (χ0n) is 10.1. The molecule has 0 radical (unpaired) electrons. The highest BCUT2D eigenvalue weighted by Crippen LogP contribution is 2.15. The normalized spacial score (nSPS) is 11.6. The third-order valence-electron chi connectivity index (χ3n) is 2.46. The first-order chi connectivity index (χ1) is 7.64. The van der Waals surface area contributed by atoms with Crippen molar-refractivity contribution in [1.29, 1.82) is 0 Å². The maximum absolute atomic E-state index is 5.78. The van der Waals surface area contributed by atoms with E-state index in [-0.39, 0.29) is 0 Å². The molecule has 1 rings (SSSR count). The van der Waals surface area contributed by atoms with Crippen molar-refractivity contribution in [1.82, 2.24) is 0 Å². The van der Waals surface area contributed by atoms with E-state index in [1.807, 2.05) is 6.08 Å². The maximum Gasteiger partial charge on any atom is 0.244 e. The van der Waals surface area contributed by atoms with Crippen molar-refractivity contribution in [2.45, 2.75) is 25.6 Å². The van der Waals surface area contributed by atoms with Crippen LogP contribution in [0, 0.1) is 0 Å². The first-order valence-electron chi connectivity index (χ1n) is 5.63. The highest BCUT2D eigenvalue weighted by atomic mass is 28.4. The molecule has 0 atom stereocenters. The molecule has 0 heterocycles. The third-order valence-corrected chi connectivity index (χ3v) is 4.69. The topological polar surface area (TPSA) is 9.23 Å². The van der Waals surface area contributed by atoms with Crippen LogP contribution in [0.15, 0.2) is 55.3 Å². The second kappa shape index (κ2) is 6.33. The fourth-order valence-corrected chi connectivity index (χ4v) is 2.88. The van der Waals surface area contributed by atoms with Crippen molar-refractivity contribution in [2.75, 3.05) is 0 Å². The van der Waals surface area contributed by atoms with E-state index in [1.54, 1.807) is 12.3 Å². The minimum absolute atomic E-state index is 1.10. The summed E-state index contributed by atoms with van der Waals surface area (Å²) in [5.41, 5.74) is 1.39. The van der Waals surface area contributed by atoms with E-state index < -0.39 is 8.32 Å². The predicted octanol–water partition coefficient (Wildman–Crippen LogP) is 4.15. The number of aryl methyl sites for hydroxylation is 1. The Labute approximate surface area is 99.6 Å². The molecule has 0 N–H and O–H groups in total. The molecule has 1 nitrogen and oxygen atoms in total. The standard InChI is InChI=1S/C14H20OSi/c1-4-5-12-15-16(2,3)13-11-14-9-7-6-8-10-14/h4-10,12H,1,11,13H2,2-3H3/b12-5+. The van der Waals surface area contributed by atoms with Gasteiger partial charge in [-0.25, -0.2) is 0 Å². The van der Waals surface area contributed by atoms with Crippen molar-refractivity contribution in [3.63, 3.8) is 0 Å². The summed E-state index contributed by atoms with van der Waals surface area (Å²) in [5.74, 6) is 0. The molecule has 0 saturated heterocycles. The van der Waals surface area contributed by atoms with Gasteiger partial charge in [0.2, 0.25) is 8.32 Å². The van der Waals surface area contributed by atoms with E-state index in [0.717, 1.165) is 12.5 Å². The van der Waals surface area contributed by atoms with Crippen molar-refractivity contribution in [3.8, 4) is 0 Å². The SMILES string of the molecule is C=C/C=C/O[Si](C)(C)CCc1ccccc1. The summed E-state index contributed by atoms with van der Waals surface area (Å²) in [6.07, 6.45) is 6.45. The molecule has 0 aliphatic heterocycles. The van der Waals surface area contributed by atoms with Crippen molar-refractivity contribution in [2.24, 2.45) is 0 Å². The second-order valence-electron chi connectivity index (χ2n) is 4.43. The lowest BCUT2D eigenvalue weighted by molar-refractivity contribution is 0.470. The Balaban J connectivity index is 2.41. The molecule has 1 aromatic rings. The van der Waals surface area contributed by atoms with E-state index in [9.17, 15) is 0 Å². The average Bonchev–Trinajstić information content (AvgIpc) is 2.28. The quantitative estimate of drug-likeness (QED) is 0.407. The molecule has 0 bridgehead atoms. The molecule has 0 saturated carbocycles. The van der Waals surface area contributed by atoms with Crippen molar-refractivity contribution >= 4 is 8.32 Å². The molecular formula is C14H20OSi. The van der Waals surface area contributed by atoms with Crippen LogP contribution in [-0.2, 0) is 10.8 Å². The first kappa shape index (κ1) is 12.8. The lowest BCUT2D eigenvalue weighted by Gasteiger charge is -2.21. The molecule has 0 aliphatic carbocycles. The fourth-order valence-electron chi connectivity index (χ4n) is 1.43. The van der Waals surface area contributed by atoms with Gasteiger partial charge in [-0.2, -0.15) is 0 Å². The minimum atomic E-state index is -1.56. The number of hydrogen-bond donors (Lipinski definition) is 0. The van der Waals surface area contributed by atoms with E-state index in [2.05, 4.69) is 50.0 Å². The van der Waals surface area contributed by atoms with Gasteiger partial charge in [-0.1, -0.05) is 43.0 Å². The first-order valence-corrected chi connectivity index (χ1v) is 8.75. The van der Waals surface area contributed by atoms with Gasteiger partial charge >= 0.3 is 0 Å². The number of rotatable bonds is 6. The minimum Gasteiger partial charge on any atom is -0.549 e. The van der Waals surface area contributed by atoms with Crippen LogP contribution >= 0.6 is 0 Å². The second-order valence-corrected chi connectivity index (χ2v) is 8.68. The lowest BCUT2D eigenvalue weighted by Crippen LogP contribution is -2.28. The van der Waals surface area contributed by atoms with Gasteiger partial charge in [0.25, 0.3) is 0 Å². The highest BCUT2D eigenvalue weighted by Gasteiger charge is 2.22. The molecule has 86 valence electrons. The molecule has 0 amide bonds. The van der Waals surface area contributed by atoms with Crippen molar-refractivity contribution in [3.05, 3.63) is 60.9 Å². The van der Waals surface area contributed by atoms with Crippen LogP contribution in [0.5, 0.6) is 0 Å². The third kappa shape index (κ3) is 4.98. The Hall–Kier alpha value is -1.28. The molecule has 16 heavy (non-hydrogen) atoms. The number of hydrogen-bond acceptors (Lipinski definition) is 1. The zero-order valence-corrected chi connectivity index (χ0v) is 11.1. The average molecular weight is 232 g/mol. The summed E-state index contributed by atoms with van der Waals surface area (Å²) in [4.78, 5) is 0. The summed E-state index contributed by atoms with van der Waals surface area (Å²) in [6.45, 7) is 8.10. The Bertz CT molecular complexity index is 341. The van der Waals surface area contributed by atoms with Crippen LogP contribution in [-0.4, -0.2) is 8.32 Å². The summed E-state index contributed by atoms with van der Waals surface area (Å²) >= 11 is 0.